The molecule has 1 unspecified atom stereocenters. The maximum absolute atomic E-state index is 10.4. The highest BCUT2D eigenvalue weighted by Crippen LogP contribution is 1.80. The number of carbonyl (C=O) groups excluding carboxylic acids is 1. The average molecular weight is 126 g/mol. The molecule has 0 spiro atoms. The highest BCUT2D eigenvalue weighted by atomic mass is 16.1. The van der Waals surface area contributed by atoms with E-state index >= 15 is 0 Å². The zero-order valence-corrected chi connectivity index (χ0v) is 5.13. The number of rotatable bonds is 4. The molecule has 1 atom stereocenters. The summed E-state index contributed by atoms with van der Waals surface area (Å²) in [5, 5.41) is 2.60. The molecular formula is C6H10N2O. The first-order chi connectivity index (χ1) is 4.22. The molecule has 0 rings (SSSR count). The molecule has 0 heterocycles. The molecule has 3 nitrogen and oxygen atoms in total. The molecule has 0 radical (unpaired) electrons. The first-order valence-electron chi connectivity index (χ1n) is 2.51. The Bertz CT molecular complexity index is 131. The molecule has 1 amide bonds. The Morgan fingerprint density at radius 2 is 2.22 bits per heavy atom. The Morgan fingerprint density at radius 1 is 1.67 bits per heavy atom. The first-order valence-corrected chi connectivity index (χ1v) is 2.51. The van der Waals surface area contributed by atoms with Crippen molar-refractivity contribution in [2.45, 2.75) is 6.04 Å². The lowest BCUT2D eigenvalue weighted by Crippen LogP contribution is -2.36. The predicted molar refractivity (Wildman–Crippen MR) is 36.5 cm³/mol. The van der Waals surface area contributed by atoms with E-state index in [1.165, 1.54) is 12.3 Å². The smallest absolute Gasteiger partial charge is 0.243 e. The summed E-state index contributed by atoms with van der Waals surface area (Å²) in [4.78, 5) is 10.4. The molecule has 0 aliphatic carbocycles. The fourth-order valence-electron chi connectivity index (χ4n) is 0.393. The van der Waals surface area contributed by atoms with Crippen molar-refractivity contribution >= 4 is 5.91 Å². The number of nitrogens with two attached hydrogens (primary N) is 1. The second-order valence-electron chi connectivity index (χ2n) is 1.49. The Morgan fingerprint density at radius 3 is 2.33 bits per heavy atom. The van der Waals surface area contributed by atoms with Crippen molar-refractivity contribution in [1.82, 2.24) is 5.32 Å². The van der Waals surface area contributed by atoms with Crippen LogP contribution in [0, 0.1) is 0 Å². The van der Waals surface area contributed by atoms with Crippen molar-refractivity contribution in [3.63, 3.8) is 0 Å². The maximum Gasteiger partial charge on any atom is 0.243 e. The van der Waals surface area contributed by atoms with E-state index in [9.17, 15) is 4.79 Å². The van der Waals surface area contributed by atoms with Gasteiger partial charge in [-0.15, -0.1) is 6.58 Å². The summed E-state index contributed by atoms with van der Waals surface area (Å²) < 4.78 is 0. The molecule has 0 fully saturated rings. The number of carbonyl (C=O) groups is 1. The van der Waals surface area contributed by atoms with Crippen molar-refractivity contribution in [3.05, 3.63) is 25.4 Å². The lowest BCUT2D eigenvalue weighted by atomic mass is 10.3. The number of hydrogen-bond donors (Lipinski definition) is 2. The van der Waals surface area contributed by atoms with Gasteiger partial charge in [0.25, 0.3) is 0 Å². The molecule has 0 bridgehead atoms. The van der Waals surface area contributed by atoms with Crippen LogP contribution in [-0.2, 0) is 4.79 Å². The lowest BCUT2D eigenvalue weighted by molar-refractivity contribution is -0.118. The topological polar surface area (TPSA) is 55.1 Å². The van der Waals surface area contributed by atoms with Gasteiger partial charge in [-0.1, -0.05) is 12.7 Å². The minimum Gasteiger partial charge on any atom is -0.377 e. The van der Waals surface area contributed by atoms with Crippen LogP contribution < -0.4 is 11.1 Å². The highest BCUT2D eigenvalue weighted by Gasteiger charge is 2.05. The fraction of sp³-hybridized carbons (Fsp3) is 0.167. The van der Waals surface area contributed by atoms with Crippen LogP contribution in [0.4, 0.5) is 0 Å². The van der Waals surface area contributed by atoms with Crippen molar-refractivity contribution in [3.8, 4) is 0 Å². The zero-order chi connectivity index (χ0) is 7.28. The van der Waals surface area contributed by atoms with Crippen molar-refractivity contribution in [2.24, 2.45) is 5.73 Å². The summed E-state index contributed by atoms with van der Waals surface area (Å²) in [6.07, 6.45) is 2.82. The van der Waals surface area contributed by atoms with Gasteiger partial charge in [-0.2, -0.15) is 0 Å². The summed E-state index contributed by atoms with van der Waals surface area (Å²) in [7, 11) is 0. The third kappa shape index (κ3) is 2.54. The van der Waals surface area contributed by atoms with E-state index in [1.54, 1.807) is 0 Å². The number of hydrogen-bond acceptors (Lipinski definition) is 2. The largest absolute Gasteiger partial charge is 0.377 e. The molecule has 50 valence electrons. The number of primary amides is 1. The van der Waals surface area contributed by atoms with Crippen LogP contribution in [0.1, 0.15) is 0 Å². The van der Waals surface area contributed by atoms with Gasteiger partial charge in [0.05, 0.1) is 0 Å². The van der Waals surface area contributed by atoms with Gasteiger partial charge in [0.15, 0.2) is 0 Å². The van der Waals surface area contributed by atoms with Gasteiger partial charge >= 0.3 is 0 Å². The van der Waals surface area contributed by atoms with Crippen molar-refractivity contribution < 1.29 is 4.79 Å². The van der Waals surface area contributed by atoms with Gasteiger partial charge in [0.2, 0.25) is 5.91 Å². The van der Waals surface area contributed by atoms with E-state index in [0.29, 0.717) is 0 Å². The molecule has 0 aliphatic rings. The third-order valence-electron chi connectivity index (χ3n) is 0.840. The number of nitrogens with one attached hydrogen (secondary N) is 1. The van der Waals surface area contributed by atoms with Crippen LogP contribution in [-0.4, -0.2) is 11.9 Å². The Hall–Kier alpha value is -1.25. The Balaban J connectivity index is 3.81. The van der Waals surface area contributed by atoms with Gasteiger partial charge in [-0.05, 0) is 6.20 Å². The average Bonchev–Trinajstić information content (AvgIpc) is 1.82. The van der Waals surface area contributed by atoms with Crippen LogP contribution in [0.25, 0.3) is 0 Å². The summed E-state index contributed by atoms with van der Waals surface area (Å²) in [5.41, 5.74) is 4.91. The summed E-state index contributed by atoms with van der Waals surface area (Å²) in [6.45, 7) is 6.75. The van der Waals surface area contributed by atoms with Crippen molar-refractivity contribution in [2.75, 3.05) is 0 Å². The van der Waals surface area contributed by atoms with Crippen LogP contribution in [0.3, 0.4) is 0 Å². The van der Waals surface area contributed by atoms with E-state index < -0.39 is 11.9 Å². The van der Waals surface area contributed by atoms with Crippen LogP contribution in [0.2, 0.25) is 0 Å². The van der Waals surface area contributed by atoms with E-state index in [2.05, 4.69) is 18.5 Å². The fourth-order valence-corrected chi connectivity index (χ4v) is 0.393. The SMILES string of the molecule is C=CNC(C=C)C(N)=O. The molecule has 0 saturated carbocycles. The minimum atomic E-state index is -0.498. The van der Waals surface area contributed by atoms with Crippen LogP contribution in [0.5, 0.6) is 0 Å². The van der Waals surface area contributed by atoms with Gasteiger partial charge in [0, 0.05) is 0 Å². The molecular weight excluding hydrogens is 116 g/mol. The van der Waals surface area contributed by atoms with Gasteiger partial charge in [-0.25, -0.2) is 0 Å². The quantitative estimate of drug-likeness (QED) is 0.511. The van der Waals surface area contributed by atoms with Gasteiger partial charge in [-0.3, -0.25) is 4.79 Å². The van der Waals surface area contributed by atoms with Crippen molar-refractivity contribution in [1.29, 1.82) is 0 Å². The summed E-state index contributed by atoms with van der Waals surface area (Å²) in [6, 6.07) is -0.498. The first kappa shape index (κ1) is 7.75. The van der Waals surface area contributed by atoms with E-state index in [0.717, 1.165) is 0 Å². The van der Waals surface area contributed by atoms with E-state index in [1.807, 2.05) is 0 Å². The maximum atomic E-state index is 10.4. The number of amides is 1. The normalized spacial score (nSPS) is 11.6. The van der Waals surface area contributed by atoms with Gasteiger partial charge in [0.1, 0.15) is 6.04 Å². The molecule has 0 saturated heterocycles. The Labute approximate surface area is 54.2 Å². The minimum absolute atomic E-state index is 0.454. The summed E-state index contributed by atoms with van der Waals surface area (Å²) in [5.74, 6) is -0.454. The molecule has 0 aromatic heterocycles. The van der Waals surface area contributed by atoms with Crippen LogP contribution in [0.15, 0.2) is 25.4 Å². The summed E-state index contributed by atoms with van der Waals surface area (Å²) >= 11 is 0. The second kappa shape index (κ2) is 3.72. The standard InChI is InChI=1S/C6H10N2O/c1-3-5(6(7)9)8-4-2/h3-5,8H,1-2H2,(H2,7,9). The second-order valence-corrected chi connectivity index (χ2v) is 1.49. The molecule has 0 aliphatic heterocycles. The monoisotopic (exact) mass is 126 g/mol. The molecule has 0 aromatic rings. The molecule has 3 heteroatoms. The Kier molecular flexibility index (Phi) is 3.20. The van der Waals surface area contributed by atoms with E-state index in [-0.39, 0.29) is 0 Å². The molecule has 9 heavy (non-hydrogen) atoms. The van der Waals surface area contributed by atoms with Crippen LogP contribution >= 0.6 is 0 Å². The van der Waals surface area contributed by atoms with Gasteiger partial charge < -0.3 is 11.1 Å². The lowest BCUT2D eigenvalue weighted by Gasteiger charge is -2.05. The van der Waals surface area contributed by atoms with E-state index in [4.69, 9.17) is 5.73 Å². The molecule has 3 N–H and O–H groups in total. The third-order valence-corrected chi connectivity index (χ3v) is 0.840. The predicted octanol–water partition coefficient (Wildman–Crippen LogP) is -0.241. The molecule has 0 aromatic carbocycles. The highest BCUT2D eigenvalue weighted by molar-refractivity contribution is 5.81. The zero-order valence-electron chi connectivity index (χ0n) is 5.13.